The number of halogens is 1. The van der Waals surface area contributed by atoms with Gasteiger partial charge in [-0.15, -0.1) is 0 Å². The molecule has 1 nitrogen and oxygen atoms in total. The van der Waals surface area contributed by atoms with Gasteiger partial charge in [0.2, 0.25) is 0 Å². The van der Waals surface area contributed by atoms with Crippen LogP contribution in [0.2, 0.25) is 0 Å². The molecule has 0 aliphatic heterocycles. The lowest BCUT2D eigenvalue weighted by Gasteiger charge is -2.05. The number of allylic oxidation sites excluding steroid dienone is 1. The van der Waals surface area contributed by atoms with E-state index in [1.807, 2.05) is 24.5 Å². The molecule has 0 N–H and O–H groups in total. The zero-order valence-electron chi connectivity index (χ0n) is 11.5. The standard InChI is InChI=1S/C19H14FN/c20-17-6-7-18-14(4-5-15(18)11-17)10-13-2-1-3-16-12-21-9-8-19(13)16/h1-3,6-12H,4-5H2. The summed E-state index contributed by atoms with van der Waals surface area (Å²) in [6.45, 7) is 0. The number of rotatable bonds is 1. The van der Waals surface area contributed by atoms with Gasteiger partial charge in [0.1, 0.15) is 5.82 Å². The lowest BCUT2D eigenvalue weighted by atomic mass is 10.0. The molecule has 0 radical (unpaired) electrons. The summed E-state index contributed by atoms with van der Waals surface area (Å²) in [4.78, 5) is 4.17. The second-order valence-corrected chi connectivity index (χ2v) is 5.42. The second-order valence-electron chi connectivity index (χ2n) is 5.42. The Hall–Kier alpha value is -2.48. The quantitative estimate of drug-likeness (QED) is 0.618. The summed E-state index contributed by atoms with van der Waals surface area (Å²) >= 11 is 0. The molecule has 0 fully saturated rings. The second kappa shape index (κ2) is 4.81. The van der Waals surface area contributed by atoms with Crippen LogP contribution in [0.5, 0.6) is 0 Å². The van der Waals surface area contributed by atoms with Gasteiger partial charge in [-0.2, -0.15) is 0 Å². The number of benzene rings is 2. The molecule has 2 aromatic carbocycles. The minimum Gasteiger partial charge on any atom is -0.264 e. The van der Waals surface area contributed by atoms with Crippen LogP contribution in [-0.2, 0) is 6.42 Å². The van der Waals surface area contributed by atoms with Crippen molar-refractivity contribution in [2.45, 2.75) is 12.8 Å². The van der Waals surface area contributed by atoms with Crippen molar-refractivity contribution in [3.63, 3.8) is 0 Å². The first kappa shape index (κ1) is 12.3. The Bertz CT molecular complexity index is 859. The van der Waals surface area contributed by atoms with E-state index in [0.29, 0.717) is 0 Å². The van der Waals surface area contributed by atoms with Gasteiger partial charge in [-0.25, -0.2) is 4.39 Å². The molecular formula is C19H14FN. The topological polar surface area (TPSA) is 12.9 Å². The summed E-state index contributed by atoms with van der Waals surface area (Å²) in [5.74, 6) is -0.147. The van der Waals surface area contributed by atoms with Crippen LogP contribution in [0.4, 0.5) is 4.39 Å². The molecule has 0 spiro atoms. The molecule has 0 saturated heterocycles. The Labute approximate surface area is 122 Å². The van der Waals surface area contributed by atoms with E-state index in [0.717, 1.165) is 23.8 Å². The first-order chi connectivity index (χ1) is 10.3. The fourth-order valence-electron chi connectivity index (χ4n) is 3.10. The van der Waals surface area contributed by atoms with Crippen molar-refractivity contribution in [1.82, 2.24) is 4.98 Å². The van der Waals surface area contributed by atoms with Crippen LogP contribution >= 0.6 is 0 Å². The third-order valence-corrected chi connectivity index (χ3v) is 4.12. The van der Waals surface area contributed by atoms with E-state index in [9.17, 15) is 4.39 Å². The highest BCUT2D eigenvalue weighted by Crippen LogP contribution is 2.35. The number of nitrogens with zero attached hydrogens (tertiary/aromatic N) is 1. The molecule has 0 saturated carbocycles. The van der Waals surface area contributed by atoms with Crippen molar-refractivity contribution in [2.24, 2.45) is 0 Å². The number of pyridine rings is 1. The molecule has 1 heterocycles. The SMILES string of the molecule is Fc1ccc2c(c1)CCC2=Cc1cccc2cnccc12. The predicted octanol–water partition coefficient (Wildman–Crippen LogP) is 4.86. The molecule has 2 heteroatoms. The highest BCUT2D eigenvalue weighted by atomic mass is 19.1. The van der Waals surface area contributed by atoms with Gasteiger partial charge in [0.25, 0.3) is 0 Å². The molecule has 1 aliphatic carbocycles. The van der Waals surface area contributed by atoms with Crippen molar-refractivity contribution in [1.29, 1.82) is 0 Å². The van der Waals surface area contributed by atoms with Gasteiger partial charge < -0.3 is 0 Å². The van der Waals surface area contributed by atoms with E-state index in [2.05, 4.69) is 29.3 Å². The van der Waals surface area contributed by atoms with E-state index in [1.165, 1.54) is 22.1 Å². The molecule has 0 amide bonds. The van der Waals surface area contributed by atoms with Crippen molar-refractivity contribution in [2.75, 3.05) is 0 Å². The van der Waals surface area contributed by atoms with Crippen LogP contribution in [0.3, 0.4) is 0 Å². The third kappa shape index (κ3) is 2.13. The first-order valence-electron chi connectivity index (χ1n) is 7.13. The lowest BCUT2D eigenvalue weighted by molar-refractivity contribution is 0.626. The van der Waals surface area contributed by atoms with Gasteiger partial charge in [-0.3, -0.25) is 4.98 Å². The lowest BCUT2D eigenvalue weighted by Crippen LogP contribution is -1.84. The zero-order valence-corrected chi connectivity index (χ0v) is 11.5. The van der Waals surface area contributed by atoms with Gasteiger partial charge in [-0.1, -0.05) is 30.3 Å². The zero-order chi connectivity index (χ0) is 14.2. The summed E-state index contributed by atoms with van der Waals surface area (Å²) in [5, 5.41) is 2.35. The Balaban J connectivity index is 1.86. The van der Waals surface area contributed by atoms with Crippen LogP contribution < -0.4 is 0 Å². The summed E-state index contributed by atoms with van der Waals surface area (Å²) in [6.07, 6.45) is 7.83. The van der Waals surface area contributed by atoms with E-state index >= 15 is 0 Å². The predicted molar refractivity (Wildman–Crippen MR) is 84.3 cm³/mol. The third-order valence-electron chi connectivity index (χ3n) is 4.12. The number of aryl methyl sites for hydroxylation is 1. The molecule has 0 unspecified atom stereocenters. The minimum atomic E-state index is -0.147. The number of aromatic nitrogens is 1. The minimum absolute atomic E-state index is 0.147. The van der Waals surface area contributed by atoms with E-state index in [1.54, 1.807) is 12.1 Å². The molecule has 1 aromatic heterocycles. The maximum Gasteiger partial charge on any atom is 0.123 e. The van der Waals surface area contributed by atoms with Crippen LogP contribution in [-0.4, -0.2) is 4.98 Å². The van der Waals surface area contributed by atoms with Gasteiger partial charge >= 0.3 is 0 Å². The van der Waals surface area contributed by atoms with Crippen molar-refractivity contribution in [3.05, 3.63) is 77.4 Å². The number of fused-ring (bicyclic) bond motifs is 2. The molecule has 3 aromatic rings. The Morgan fingerprint density at radius 1 is 1.05 bits per heavy atom. The van der Waals surface area contributed by atoms with Crippen LogP contribution in [0, 0.1) is 5.82 Å². The van der Waals surface area contributed by atoms with E-state index < -0.39 is 0 Å². The molecule has 0 bridgehead atoms. The first-order valence-corrected chi connectivity index (χ1v) is 7.13. The molecule has 102 valence electrons. The molecule has 1 aliphatic rings. The van der Waals surface area contributed by atoms with Crippen LogP contribution in [0.1, 0.15) is 23.1 Å². The van der Waals surface area contributed by atoms with E-state index in [4.69, 9.17) is 0 Å². The summed E-state index contributed by atoms with van der Waals surface area (Å²) < 4.78 is 13.3. The molecule has 21 heavy (non-hydrogen) atoms. The maximum atomic E-state index is 13.3. The van der Waals surface area contributed by atoms with Crippen LogP contribution in [0.15, 0.2) is 54.9 Å². The normalized spacial score (nSPS) is 15.6. The number of hydrogen-bond donors (Lipinski definition) is 0. The highest BCUT2D eigenvalue weighted by Gasteiger charge is 2.16. The van der Waals surface area contributed by atoms with Gasteiger partial charge in [0.05, 0.1) is 0 Å². The molecule has 0 atom stereocenters. The Morgan fingerprint density at radius 3 is 2.95 bits per heavy atom. The Morgan fingerprint density at radius 2 is 2.00 bits per heavy atom. The van der Waals surface area contributed by atoms with E-state index in [-0.39, 0.29) is 5.82 Å². The average Bonchev–Trinajstić information content (AvgIpc) is 2.90. The highest BCUT2D eigenvalue weighted by molar-refractivity contribution is 5.96. The van der Waals surface area contributed by atoms with Crippen LogP contribution in [0.25, 0.3) is 22.4 Å². The van der Waals surface area contributed by atoms with Gasteiger partial charge in [0.15, 0.2) is 0 Å². The largest absolute Gasteiger partial charge is 0.264 e. The number of hydrogen-bond acceptors (Lipinski definition) is 1. The maximum absolute atomic E-state index is 13.3. The monoisotopic (exact) mass is 275 g/mol. The summed E-state index contributed by atoms with van der Waals surface area (Å²) in [7, 11) is 0. The van der Waals surface area contributed by atoms with Gasteiger partial charge in [0, 0.05) is 17.8 Å². The molecule has 4 rings (SSSR count). The molecular weight excluding hydrogens is 261 g/mol. The van der Waals surface area contributed by atoms with Crippen molar-refractivity contribution < 1.29 is 4.39 Å². The van der Waals surface area contributed by atoms with Crippen molar-refractivity contribution >= 4 is 22.4 Å². The van der Waals surface area contributed by atoms with Gasteiger partial charge in [-0.05, 0) is 58.7 Å². The summed E-state index contributed by atoms with van der Waals surface area (Å²) in [6, 6.07) is 13.4. The summed E-state index contributed by atoms with van der Waals surface area (Å²) in [5.41, 5.74) is 4.78. The average molecular weight is 275 g/mol. The van der Waals surface area contributed by atoms with Crippen molar-refractivity contribution in [3.8, 4) is 0 Å². The smallest absolute Gasteiger partial charge is 0.123 e. The Kier molecular flexibility index (Phi) is 2.81. The fraction of sp³-hybridized carbons (Fsp3) is 0.105. The fourth-order valence-corrected chi connectivity index (χ4v) is 3.10.